The lowest BCUT2D eigenvalue weighted by molar-refractivity contribution is -0.135. The molecule has 0 aliphatic carbocycles. The van der Waals surface area contributed by atoms with Gasteiger partial charge in [0.15, 0.2) is 0 Å². The number of amides is 2. The van der Waals surface area contributed by atoms with Gasteiger partial charge < -0.3 is 20.0 Å². The molecule has 1 aromatic rings. The molecule has 2 atom stereocenters. The number of carbonyl (C=O) groups is 2. The Morgan fingerprint density at radius 2 is 1.16 bits per heavy atom. The van der Waals surface area contributed by atoms with E-state index in [0.717, 1.165) is 75.6 Å². The zero-order valence-electron chi connectivity index (χ0n) is 19.8. The SMILES string of the molecule is CC1(CCCO)CCCN1C(=O)Cc1ccc(CC(=O)N2CCCC2(C)CCCO)cc1. The maximum absolute atomic E-state index is 13.0. The summed E-state index contributed by atoms with van der Waals surface area (Å²) in [6, 6.07) is 7.88. The first-order valence-electron chi connectivity index (χ1n) is 12.2. The molecule has 6 heteroatoms. The second kappa shape index (κ2) is 10.8. The van der Waals surface area contributed by atoms with Crippen LogP contribution >= 0.6 is 0 Å². The lowest BCUT2D eigenvalue weighted by Crippen LogP contribution is -2.46. The van der Waals surface area contributed by atoms with Crippen LogP contribution in [0.2, 0.25) is 0 Å². The summed E-state index contributed by atoms with van der Waals surface area (Å²) < 4.78 is 0. The van der Waals surface area contributed by atoms with Crippen molar-refractivity contribution in [3.05, 3.63) is 35.4 Å². The largest absolute Gasteiger partial charge is 0.396 e. The molecule has 2 aliphatic heterocycles. The minimum atomic E-state index is -0.148. The molecule has 3 rings (SSSR count). The Bertz CT molecular complexity index is 716. The summed E-state index contributed by atoms with van der Waals surface area (Å²) in [5, 5.41) is 18.4. The maximum Gasteiger partial charge on any atom is 0.227 e. The van der Waals surface area contributed by atoms with Gasteiger partial charge in [0, 0.05) is 37.4 Å². The van der Waals surface area contributed by atoms with Crippen molar-refractivity contribution in [1.29, 1.82) is 0 Å². The Morgan fingerprint density at radius 1 is 0.781 bits per heavy atom. The molecule has 1 aromatic carbocycles. The van der Waals surface area contributed by atoms with Crippen LogP contribution in [0.1, 0.15) is 76.3 Å². The maximum atomic E-state index is 13.0. The highest BCUT2D eigenvalue weighted by Crippen LogP contribution is 2.34. The predicted octanol–water partition coefficient (Wildman–Crippen LogP) is 3.08. The quantitative estimate of drug-likeness (QED) is 0.581. The first-order chi connectivity index (χ1) is 15.3. The number of carbonyl (C=O) groups excluding carboxylic acids is 2. The van der Waals surface area contributed by atoms with E-state index in [1.54, 1.807) is 0 Å². The Morgan fingerprint density at radius 3 is 1.50 bits per heavy atom. The lowest BCUT2D eigenvalue weighted by Gasteiger charge is -2.36. The van der Waals surface area contributed by atoms with E-state index in [2.05, 4.69) is 13.8 Å². The standard InChI is InChI=1S/C26H40N2O4/c1-25(13-5-17-29)11-3-15-27(25)23(31)19-21-7-9-22(10-8-21)20-24(32)28-16-4-12-26(28,2)14-6-18-30/h7-10,29-30H,3-6,11-20H2,1-2H3. The zero-order valence-corrected chi connectivity index (χ0v) is 19.8. The first-order valence-corrected chi connectivity index (χ1v) is 12.2. The van der Waals surface area contributed by atoms with E-state index in [4.69, 9.17) is 0 Å². The van der Waals surface area contributed by atoms with Crippen LogP contribution in [0.5, 0.6) is 0 Å². The van der Waals surface area contributed by atoms with Crippen molar-refractivity contribution in [3.63, 3.8) is 0 Å². The van der Waals surface area contributed by atoms with Gasteiger partial charge in [-0.05, 0) is 76.3 Å². The van der Waals surface area contributed by atoms with Gasteiger partial charge in [-0.15, -0.1) is 0 Å². The van der Waals surface area contributed by atoms with Crippen LogP contribution in [0.25, 0.3) is 0 Å². The molecule has 2 unspecified atom stereocenters. The molecule has 6 nitrogen and oxygen atoms in total. The fourth-order valence-electron chi connectivity index (χ4n) is 5.65. The second-order valence-corrected chi connectivity index (χ2v) is 10.1. The van der Waals surface area contributed by atoms with E-state index in [-0.39, 0.29) is 36.1 Å². The highest BCUT2D eigenvalue weighted by atomic mass is 16.3. The predicted molar refractivity (Wildman–Crippen MR) is 125 cm³/mol. The van der Waals surface area contributed by atoms with Gasteiger partial charge in [0.05, 0.1) is 12.8 Å². The summed E-state index contributed by atoms with van der Waals surface area (Å²) >= 11 is 0. The minimum absolute atomic E-state index is 0.142. The van der Waals surface area contributed by atoms with Gasteiger partial charge in [-0.2, -0.15) is 0 Å². The molecule has 0 spiro atoms. The van der Waals surface area contributed by atoms with Gasteiger partial charge in [-0.25, -0.2) is 0 Å². The Balaban J connectivity index is 1.57. The molecule has 2 N–H and O–H groups in total. The number of nitrogens with zero attached hydrogens (tertiary/aromatic N) is 2. The van der Waals surface area contributed by atoms with Crippen molar-refractivity contribution in [1.82, 2.24) is 9.80 Å². The highest BCUT2D eigenvalue weighted by molar-refractivity contribution is 5.81. The molecule has 2 heterocycles. The van der Waals surface area contributed by atoms with Crippen LogP contribution in [0, 0.1) is 0 Å². The van der Waals surface area contributed by atoms with Gasteiger partial charge in [0.25, 0.3) is 0 Å². The number of likely N-dealkylation sites (tertiary alicyclic amines) is 2. The third-order valence-electron chi connectivity index (χ3n) is 7.58. The summed E-state index contributed by atoms with van der Waals surface area (Å²) in [6.45, 7) is 6.17. The summed E-state index contributed by atoms with van der Waals surface area (Å²) in [4.78, 5) is 29.9. The highest BCUT2D eigenvalue weighted by Gasteiger charge is 2.39. The fraction of sp³-hybridized carbons (Fsp3) is 0.692. The number of hydrogen-bond acceptors (Lipinski definition) is 4. The molecular formula is C26H40N2O4. The number of aliphatic hydroxyl groups excluding tert-OH is 2. The van der Waals surface area contributed by atoms with E-state index in [9.17, 15) is 19.8 Å². The second-order valence-electron chi connectivity index (χ2n) is 10.1. The number of rotatable bonds is 10. The van der Waals surface area contributed by atoms with Gasteiger partial charge in [0.2, 0.25) is 11.8 Å². The van der Waals surface area contributed by atoms with Crippen molar-refractivity contribution in [3.8, 4) is 0 Å². The Hall–Kier alpha value is -1.92. The van der Waals surface area contributed by atoms with Crippen LogP contribution in [0.4, 0.5) is 0 Å². The molecule has 0 bridgehead atoms. The number of aliphatic hydroxyl groups is 2. The third kappa shape index (κ3) is 5.70. The van der Waals surface area contributed by atoms with E-state index < -0.39 is 0 Å². The minimum Gasteiger partial charge on any atom is -0.396 e. The van der Waals surface area contributed by atoms with Gasteiger partial charge >= 0.3 is 0 Å². The topological polar surface area (TPSA) is 81.1 Å². The normalized spacial score (nSPS) is 25.5. The Labute approximate surface area is 192 Å². The molecule has 2 fully saturated rings. The lowest BCUT2D eigenvalue weighted by atomic mass is 9.92. The molecule has 2 amide bonds. The average molecular weight is 445 g/mol. The third-order valence-corrected chi connectivity index (χ3v) is 7.58. The van der Waals surface area contributed by atoms with Crippen LogP contribution < -0.4 is 0 Å². The van der Waals surface area contributed by atoms with Crippen LogP contribution in [0.15, 0.2) is 24.3 Å². The van der Waals surface area contributed by atoms with Crippen LogP contribution in [-0.4, -0.2) is 69.2 Å². The van der Waals surface area contributed by atoms with E-state index in [1.165, 1.54) is 0 Å². The summed E-state index contributed by atoms with van der Waals surface area (Å²) in [5.74, 6) is 0.284. The molecule has 0 radical (unpaired) electrons. The van der Waals surface area contributed by atoms with E-state index >= 15 is 0 Å². The smallest absolute Gasteiger partial charge is 0.227 e. The molecule has 0 saturated carbocycles. The molecule has 0 aromatic heterocycles. The van der Waals surface area contributed by atoms with Crippen molar-refractivity contribution in [2.45, 2.75) is 89.1 Å². The Kier molecular flexibility index (Phi) is 8.34. The van der Waals surface area contributed by atoms with Crippen LogP contribution in [0.3, 0.4) is 0 Å². The van der Waals surface area contributed by atoms with Crippen molar-refractivity contribution >= 4 is 11.8 Å². The molecular weight excluding hydrogens is 404 g/mol. The summed E-state index contributed by atoms with van der Waals surface area (Å²) in [6.07, 6.45) is 7.88. The van der Waals surface area contributed by atoms with Crippen molar-refractivity contribution in [2.24, 2.45) is 0 Å². The van der Waals surface area contributed by atoms with E-state index in [1.807, 2.05) is 34.1 Å². The fourth-order valence-corrected chi connectivity index (χ4v) is 5.65. The number of benzene rings is 1. The molecule has 178 valence electrons. The molecule has 2 aliphatic rings. The van der Waals surface area contributed by atoms with Gasteiger partial charge in [0.1, 0.15) is 0 Å². The first kappa shape index (κ1) is 24.7. The van der Waals surface area contributed by atoms with Gasteiger partial charge in [-0.3, -0.25) is 9.59 Å². The number of hydrogen-bond donors (Lipinski definition) is 2. The van der Waals surface area contributed by atoms with Gasteiger partial charge in [-0.1, -0.05) is 24.3 Å². The summed E-state index contributed by atoms with van der Waals surface area (Å²) in [7, 11) is 0. The summed E-state index contributed by atoms with van der Waals surface area (Å²) in [5.41, 5.74) is 1.64. The molecule has 32 heavy (non-hydrogen) atoms. The zero-order chi connectivity index (χ0) is 23.2. The van der Waals surface area contributed by atoms with E-state index in [0.29, 0.717) is 12.8 Å². The molecule has 2 saturated heterocycles. The monoisotopic (exact) mass is 444 g/mol. The van der Waals surface area contributed by atoms with Crippen LogP contribution in [-0.2, 0) is 22.4 Å². The van der Waals surface area contributed by atoms with Crippen molar-refractivity contribution < 1.29 is 19.8 Å². The van der Waals surface area contributed by atoms with Crippen molar-refractivity contribution in [2.75, 3.05) is 26.3 Å². The average Bonchev–Trinajstić information content (AvgIpc) is 3.35.